The Hall–Kier alpha value is -3.82. The number of esters is 1. The summed E-state index contributed by atoms with van der Waals surface area (Å²) in [6, 6.07) is 7.21. The van der Waals surface area contributed by atoms with Crippen LogP contribution in [0.2, 0.25) is 0 Å². The van der Waals surface area contributed by atoms with Gasteiger partial charge in [-0.15, -0.1) is 0 Å². The van der Waals surface area contributed by atoms with Crippen LogP contribution in [0.3, 0.4) is 0 Å². The molecule has 2 aromatic heterocycles. The summed E-state index contributed by atoms with van der Waals surface area (Å²) in [5.41, 5.74) is 2.28. The number of hydrogen-bond donors (Lipinski definition) is 2. The predicted molar refractivity (Wildman–Crippen MR) is 130 cm³/mol. The van der Waals surface area contributed by atoms with Gasteiger partial charge in [0.1, 0.15) is 11.4 Å². The maximum absolute atomic E-state index is 12.0. The molecule has 10 heteroatoms. The predicted octanol–water partition coefficient (Wildman–Crippen LogP) is 4.17. The Balaban J connectivity index is 1.84. The molecule has 0 spiro atoms. The van der Waals surface area contributed by atoms with E-state index >= 15 is 0 Å². The van der Waals surface area contributed by atoms with Crippen LogP contribution in [0.4, 0.5) is 16.6 Å². The number of aromatic nitrogens is 4. The molecule has 0 aliphatic heterocycles. The molecule has 0 unspecified atom stereocenters. The van der Waals surface area contributed by atoms with Gasteiger partial charge in [0.15, 0.2) is 0 Å². The van der Waals surface area contributed by atoms with Crippen molar-refractivity contribution in [3.8, 4) is 0 Å². The summed E-state index contributed by atoms with van der Waals surface area (Å²) in [4.78, 5) is 28.5. The van der Waals surface area contributed by atoms with Crippen LogP contribution in [0.25, 0.3) is 11.0 Å². The van der Waals surface area contributed by atoms with Crippen molar-refractivity contribution in [3.63, 3.8) is 0 Å². The summed E-state index contributed by atoms with van der Waals surface area (Å²) in [7, 11) is 1.35. The van der Waals surface area contributed by atoms with Crippen molar-refractivity contribution < 1.29 is 19.1 Å². The first kappa shape index (κ1) is 24.8. The number of hydrogen-bond acceptors (Lipinski definition) is 7. The number of carbonyl (C=O) groups is 2. The minimum atomic E-state index is -0.545. The Bertz CT molecular complexity index is 1200. The SMILES string of the molecule is CCn1nc(C)cc1Nc1nc2cc(C(=O)OC)ccc2n1C/C=C/CNC(=O)OC(C)(C)C. The van der Waals surface area contributed by atoms with Gasteiger partial charge < -0.3 is 24.7 Å². The number of aryl methyl sites for hydroxylation is 2. The average Bonchev–Trinajstić information content (AvgIpc) is 3.30. The molecule has 10 nitrogen and oxygen atoms in total. The molecule has 34 heavy (non-hydrogen) atoms. The third-order valence-corrected chi connectivity index (χ3v) is 4.83. The molecule has 0 aliphatic carbocycles. The number of benzene rings is 1. The van der Waals surface area contributed by atoms with E-state index in [1.807, 2.05) is 68.2 Å². The van der Waals surface area contributed by atoms with Crippen molar-refractivity contribution in [2.45, 2.75) is 53.3 Å². The molecule has 3 aromatic rings. The zero-order chi connectivity index (χ0) is 24.9. The van der Waals surface area contributed by atoms with Crippen molar-refractivity contribution in [3.05, 3.63) is 47.7 Å². The first-order valence-electron chi connectivity index (χ1n) is 11.1. The number of imidazole rings is 1. The lowest BCUT2D eigenvalue weighted by Gasteiger charge is -2.19. The number of methoxy groups -OCH3 is 1. The molecule has 2 heterocycles. The van der Waals surface area contributed by atoms with Crippen LogP contribution in [0, 0.1) is 6.92 Å². The molecule has 3 rings (SSSR count). The standard InChI is InChI=1S/C24H32N6O4/c1-7-30-20(14-16(2)28-30)27-22-26-18-15-17(21(31)33-6)10-11-19(18)29(22)13-9-8-12-25-23(32)34-24(3,4)5/h8-11,14-15H,7,12-13H2,1-6H3,(H,25,32)(H,26,27)/b9-8+. The molecule has 2 N–H and O–H groups in total. The van der Waals surface area contributed by atoms with Crippen molar-refractivity contribution in [1.82, 2.24) is 24.6 Å². The largest absolute Gasteiger partial charge is 0.465 e. The number of alkyl carbamates (subject to hydrolysis) is 1. The van der Waals surface area contributed by atoms with E-state index < -0.39 is 17.7 Å². The highest BCUT2D eigenvalue weighted by molar-refractivity contribution is 5.94. The Morgan fingerprint density at radius 1 is 1.18 bits per heavy atom. The molecule has 0 aliphatic rings. The van der Waals surface area contributed by atoms with Crippen LogP contribution in [-0.4, -0.2) is 50.6 Å². The number of ether oxygens (including phenoxy) is 2. The minimum absolute atomic E-state index is 0.332. The van der Waals surface area contributed by atoms with E-state index in [1.165, 1.54) is 7.11 Å². The molecule has 1 aromatic carbocycles. The second kappa shape index (κ2) is 10.4. The first-order valence-corrected chi connectivity index (χ1v) is 11.1. The zero-order valence-electron chi connectivity index (χ0n) is 20.5. The molecule has 0 saturated carbocycles. The maximum Gasteiger partial charge on any atom is 0.407 e. The summed E-state index contributed by atoms with van der Waals surface area (Å²) >= 11 is 0. The Morgan fingerprint density at radius 3 is 2.62 bits per heavy atom. The average molecular weight is 469 g/mol. The number of nitrogens with zero attached hydrogens (tertiary/aromatic N) is 4. The van der Waals surface area contributed by atoms with E-state index in [9.17, 15) is 9.59 Å². The van der Waals surface area contributed by atoms with Crippen molar-refractivity contribution in [2.24, 2.45) is 0 Å². The topological polar surface area (TPSA) is 112 Å². The van der Waals surface area contributed by atoms with Crippen LogP contribution < -0.4 is 10.6 Å². The molecule has 0 fully saturated rings. The molecular weight excluding hydrogens is 436 g/mol. The number of nitrogens with one attached hydrogen (secondary N) is 2. The van der Waals surface area contributed by atoms with Crippen LogP contribution in [0.1, 0.15) is 43.7 Å². The van der Waals surface area contributed by atoms with Gasteiger partial charge in [0.05, 0.1) is 29.4 Å². The molecule has 182 valence electrons. The number of carbonyl (C=O) groups excluding carboxylic acids is 2. The maximum atomic E-state index is 12.0. The normalized spacial score (nSPS) is 11.7. The fourth-order valence-electron chi connectivity index (χ4n) is 3.38. The molecule has 0 saturated heterocycles. The Labute approximate surface area is 198 Å². The monoisotopic (exact) mass is 468 g/mol. The number of anilines is 2. The van der Waals surface area contributed by atoms with Crippen molar-refractivity contribution in [2.75, 3.05) is 19.0 Å². The summed E-state index contributed by atoms with van der Waals surface area (Å²) in [5.74, 6) is 1.01. The van der Waals surface area contributed by atoms with Gasteiger partial charge in [0.2, 0.25) is 5.95 Å². The van der Waals surface area contributed by atoms with E-state index in [0.29, 0.717) is 36.7 Å². The van der Waals surface area contributed by atoms with Gasteiger partial charge in [-0.2, -0.15) is 5.10 Å². The van der Waals surface area contributed by atoms with E-state index in [1.54, 1.807) is 12.1 Å². The quantitative estimate of drug-likeness (QED) is 0.377. The van der Waals surface area contributed by atoms with Crippen LogP contribution >= 0.6 is 0 Å². The Morgan fingerprint density at radius 2 is 1.94 bits per heavy atom. The van der Waals surface area contributed by atoms with E-state index in [-0.39, 0.29) is 0 Å². The van der Waals surface area contributed by atoms with Crippen molar-refractivity contribution >= 4 is 34.9 Å². The smallest absolute Gasteiger partial charge is 0.407 e. The van der Waals surface area contributed by atoms with Gasteiger partial charge in [0, 0.05) is 25.7 Å². The summed E-state index contributed by atoms with van der Waals surface area (Å²) in [6.45, 7) is 10.9. The van der Waals surface area contributed by atoms with Gasteiger partial charge in [-0.3, -0.25) is 0 Å². The summed E-state index contributed by atoms with van der Waals surface area (Å²) in [6.07, 6.45) is 3.31. The second-order valence-electron chi connectivity index (χ2n) is 8.71. The zero-order valence-corrected chi connectivity index (χ0v) is 20.5. The second-order valence-corrected chi connectivity index (χ2v) is 8.71. The van der Waals surface area contributed by atoms with Gasteiger partial charge in [-0.1, -0.05) is 12.2 Å². The lowest BCUT2D eigenvalue weighted by Crippen LogP contribution is -2.32. The van der Waals surface area contributed by atoms with Gasteiger partial charge in [-0.05, 0) is 52.8 Å². The van der Waals surface area contributed by atoms with Crippen molar-refractivity contribution in [1.29, 1.82) is 0 Å². The van der Waals surface area contributed by atoms with Gasteiger partial charge >= 0.3 is 12.1 Å². The number of rotatable bonds is 8. The highest BCUT2D eigenvalue weighted by Crippen LogP contribution is 2.25. The van der Waals surface area contributed by atoms with Crippen LogP contribution in [0.5, 0.6) is 0 Å². The third-order valence-electron chi connectivity index (χ3n) is 4.83. The third kappa shape index (κ3) is 6.15. The molecule has 0 atom stereocenters. The lowest BCUT2D eigenvalue weighted by molar-refractivity contribution is 0.0532. The fraction of sp³-hybridized carbons (Fsp3) is 0.417. The number of allylic oxidation sites excluding steroid dienone is 1. The van der Waals surface area contributed by atoms with E-state index in [4.69, 9.17) is 14.5 Å². The van der Waals surface area contributed by atoms with Crippen LogP contribution in [0.15, 0.2) is 36.4 Å². The van der Waals surface area contributed by atoms with Gasteiger partial charge in [0.25, 0.3) is 0 Å². The van der Waals surface area contributed by atoms with Crippen LogP contribution in [-0.2, 0) is 22.6 Å². The lowest BCUT2D eigenvalue weighted by atomic mass is 10.2. The minimum Gasteiger partial charge on any atom is -0.465 e. The summed E-state index contributed by atoms with van der Waals surface area (Å²) in [5, 5.41) is 10.5. The van der Waals surface area contributed by atoms with Gasteiger partial charge in [-0.25, -0.2) is 19.3 Å². The van der Waals surface area contributed by atoms with E-state index in [2.05, 4.69) is 15.7 Å². The highest BCUT2D eigenvalue weighted by Gasteiger charge is 2.16. The van der Waals surface area contributed by atoms with E-state index in [0.717, 1.165) is 17.0 Å². The highest BCUT2D eigenvalue weighted by atomic mass is 16.6. The Kier molecular flexibility index (Phi) is 7.60. The molecular formula is C24H32N6O4. The summed E-state index contributed by atoms with van der Waals surface area (Å²) < 4.78 is 13.9. The first-order chi connectivity index (χ1) is 16.1. The fourth-order valence-corrected chi connectivity index (χ4v) is 3.38. The number of amides is 1. The number of fused-ring (bicyclic) bond motifs is 1. The molecule has 0 radical (unpaired) electrons. The molecule has 0 bridgehead atoms. The molecule has 1 amide bonds.